The topological polar surface area (TPSA) is 21.3 Å². The summed E-state index contributed by atoms with van der Waals surface area (Å²) in [6.07, 6.45) is 0. The van der Waals surface area contributed by atoms with E-state index in [-0.39, 0.29) is 6.04 Å². The van der Waals surface area contributed by atoms with Crippen LogP contribution in [0.25, 0.3) is 0 Å². The zero-order valence-corrected chi connectivity index (χ0v) is 14.9. The van der Waals surface area contributed by atoms with Crippen LogP contribution in [0.4, 0.5) is 0 Å². The second kappa shape index (κ2) is 7.50. The predicted molar refractivity (Wildman–Crippen MR) is 92.7 cm³/mol. The molecule has 112 valence electrons. The van der Waals surface area contributed by atoms with Crippen molar-refractivity contribution in [1.82, 2.24) is 5.32 Å². The first-order valence-corrected chi connectivity index (χ1v) is 8.14. The largest absolute Gasteiger partial charge is 0.497 e. The minimum absolute atomic E-state index is 0.0642. The van der Waals surface area contributed by atoms with Crippen LogP contribution >= 0.6 is 39.1 Å². The van der Waals surface area contributed by atoms with E-state index in [0.29, 0.717) is 10.0 Å². The van der Waals surface area contributed by atoms with Crippen molar-refractivity contribution in [1.29, 1.82) is 0 Å². The van der Waals surface area contributed by atoms with E-state index in [1.165, 1.54) is 0 Å². The van der Waals surface area contributed by atoms with E-state index in [4.69, 9.17) is 27.9 Å². The highest BCUT2D eigenvalue weighted by Crippen LogP contribution is 2.37. The van der Waals surface area contributed by atoms with Gasteiger partial charge in [0.2, 0.25) is 0 Å². The third kappa shape index (κ3) is 3.72. The molecule has 0 amide bonds. The normalized spacial score (nSPS) is 12.2. The lowest BCUT2D eigenvalue weighted by atomic mass is 9.98. The summed E-state index contributed by atoms with van der Waals surface area (Å²) in [6, 6.07) is 11.5. The van der Waals surface area contributed by atoms with Gasteiger partial charge in [0.05, 0.1) is 23.2 Å². The molecule has 0 bridgehead atoms. The van der Waals surface area contributed by atoms with Crippen LogP contribution in [0, 0.1) is 0 Å². The minimum Gasteiger partial charge on any atom is -0.497 e. The van der Waals surface area contributed by atoms with E-state index >= 15 is 0 Å². The van der Waals surface area contributed by atoms with Gasteiger partial charge in [0, 0.05) is 4.47 Å². The monoisotopic (exact) mass is 387 g/mol. The van der Waals surface area contributed by atoms with Gasteiger partial charge in [-0.1, -0.05) is 58.2 Å². The maximum atomic E-state index is 6.38. The summed E-state index contributed by atoms with van der Waals surface area (Å²) in [7, 11) is 1.65. The summed E-state index contributed by atoms with van der Waals surface area (Å²) >= 11 is 16.1. The summed E-state index contributed by atoms with van der Waals surface area (Å²) in [5, 5.41) is 4.57. The molecule has 0 aromatic heterocycles. The third-order valence-corrected chi connectivity index (χ3v) is 4.77. The quantitative estimate of drug-likeness (QED) is 0.733. The van der Waals surface area contributed by atoms with Crippen LogP contribution in [-0.2, 0) is 0 Å². The summed E-state index contributed by atoms with van der Waals surface area (Å²) in [5.74, 6) is 0.800. The molecule has 1 N–H and O–H groups in total. The Labute approximate surface area is 143 Å². The number of methoxy groups -OCH3 is 1. The molecule has 21 heavy (non-hydrogen) atoms. The molecule has 0 aliphatic carbocycles. The Bertz CT molecular complexity index is 634. The van der Waals surface area contributed by atoms with Gasteiger partial charge in [-0.2, -0.15) is 0 Å². The lowest BCUT2D eigenvalue weighted by molar-refractivity contribution is 0.413. The molecular formula is C16H16BrCl2NO. The summed E-state index contributed by atoms with van der Waals surface area (Å²) in [6.45, 7) is 2.86. The molecule has 0 spiro atoms. The molecule has 1 unspecified atom stereocenters. The Kier molecular flexibility index (Phi) is 5.94. The summed E-state index contributed by atoms with van der Waals surface area (Å²) in [4.78, 5) is 0. The number of halogens is 3. The molecule has 0 saturated carbocycles. The summed E-state index contributed by atoms with van der Waals surface area (Å²) in [5.41, 5.74) is 2.00. The fourth-order valence-corrected chi connectivity index (χ4v) is 3.10. The number of hydrogen-bond acceptors (Lipinski definition) is 2. The molecule has 0 aliphatic rings. The molecule has 0 fully saturated rings. The average molecular weight is 389 g/mol. The van der Waals surface area contributed by atoms with Crippen molar-refractivity contribution >= 4 is 39.1 Å². The van der Waals surface area contributed by atoms with E-state index in [0.717, 1.165) is 27.9 Å². The molecule has 2 aromatic carbocycles. The van der Waals surface area contributed by atoms with Gasteiger partial charge in [-0.25, -0.2) is 0 Å². The Hall–Kier alpha value is -0.740. The van der Waals surface area contributed by atoms with Gasteiger partial charge in [0.1, 0.15) is 5.75 Å². The van der Waals surface area contributed by atoms with Crippen LogP contribution < -0.4 is 10.1 Å². The predicted octanol–water partition coefficient (Wildman–Crippen LogP) is 5.46. The lowest BCUT2D eigenvalue weighted by Gasteiger charge is -2.22. The van der Waals surface area contributed by atoms with E-state index in [1.807, 2.05) is 30.3 Å². The first-order valence-electron chi connectivity index (χ1n) is 6.59. The smallest absolute Gasteiger partial charge is 0.119 e. The van der Waals surface area contributed by atoms with Gasteiger partial charge in [0.15, 0.2) is 0 Å². The SMILES string of the molecule is CCNC(c1cc(OC)ccc1Br)c1cccc(Cl)c1Cl. The Morgan fingerprint density at radius 3 is 2.62 bits per heavy atom. The van der Waals surface area contributed by atoms with Crippen molar-refractivity contribution in [2.45, 2.75) is 13.0 Å². The third-order valence-electron chi connectivity index (χ3n) is 3.21. The standard InChI is InChI=1S/C16H16BrCl2NO/c1-3-20-16(11-5-4-6-14(18)15(11)19)12-9-10(21-2)7-8-13(12)17/h4-9,16,20H,3H2,1-2H3. The average Bonchev–Trinajstić information content (AvgIpc) is 2.49. The van der Waals surface area contributed by atoms with Crippen LogP contribution in [0.1, 0.15) is 24.1 Å². The maximum Gasteiger partial charge on any atom is 0.119 e. The van der Waals surface area contributed by atoms with Crippen molar-refractivity contribution in [3.63, 3.8) is 0 Å². The van der Waals surface area contributed by atoms with E-state index < -0.39 is 0 Å². The highest BCUT2D eigenvalue weighted by molar-refractivity contribution is 9.10. The van der Waals surface area contributed by atoms with Crippen LogP contribution in [-0.4, -0.2) is 13.7 Å². The second-order valence-electron chi connectivity index (χ2n) is 4.52. The zero-order valence-electron chi connectivity index (χ0n) is 11.8. The van der Waals surface area contributed by atoms with Crippen molar-refractivity contribution in [3.8, 4) is 5.75 Å². The molecule has 0 heterocycles. The van der Waals surface area contributed by atoms with Crippen molar-refractivity contribution in [3.05, 3.63) is 62.0 Å². The van der Waals surface area contributed by atoms with Crippen molar-refractivity contribution in [2.24, 2.45) is 0 Å². The van der Waals surface area contributed by atoms with Crippen LogP contribution in [0.2, 0.25) is 10.0 Å². The Balaban J connectivity index is 2.55. The number of ether oxygens (including phenoxy) is 1. The first-order chi connectivity index (χ1) is 10.1. The molecule has 2 nitrogen and oxygen atoms in total. The first kappa shape index (κ1) is 16.6. The van der Waals surface area contributed by atoms with E-state index in [1.54, 1.807) is 13.2 Å². The Morgan fingerprint density at radius 2 is 1.95 bits per heavy atom. The van der Waals surface area contributed by atoms with Crippen molar-refractivity contribution in [2.75, 3.05) is 13.7 Å². The van der Waals surface area contributed by atoms with Crippen LogP contribution in [0.3, 0.4) is 0 Å². The van der Waals surface area contributed by atoms with Gasteiger partial charge in [0.25, 0.3) is 0 Å². The second-order valence-corrected chi connectivity index (χ2v) is 6.16. The molecule has 0 saturated heterocycles. The fraction of sp³-hybridized carbons (Fsp3) is 0.250. The van der Waals surface area contributed by atoms with E-state index in [9.17, 15) is 0 Å². The number of benzene rings is 2. The number of rotatable bonds is 5. The zero-order chi connectivity index (χ0) is 15.4. The highest BCUT2D eigenvalue weighted by atomic mass is 79.9. The van der Waals surface area contributed by atoms with Gasteiger partial charge >= 0.3 is 0 Å². The molecular weight excluding hydrogens is 373 g/mol. The molecule has 2 rings (SSSR count). The van der Waals surface area contributed by atoms with Crippen LogP contribution in [0.5, 0.6) is 5.75 Å². The number of hydrogen-bond donors (Lipinski definition) is 1. The molecule has 2 aromatic rings. The fourth-order valence-electron chi connectivity index (χ4n) is 2.21. The van der Waals surface area contributed by atoms with Crippen molar-refractivity contribution < 1.29 is 4.74 Å². The van der Waals surface area contributed by atoms with Gasteiger partial charge < -0.3 is 10.1 Å². The van der Waals surface area contributed by atoms with Crippen LogP contribution in [0.15, 0.2) is 40.9 Å². The molecule has 0 radical (unpaired) electrons. The van der Waals surface area contributed by atoms with E-state index in [2.05, 4.69) is 28.2 Å². The minimum atomic E-state index is -0.0642. The van der Waals surface area contributed by atoms with Gasteiger partial charge in [-0.3, -0.25) is 0 Å². The summed E-state index contributed by atoms with van der Waals surface area (Å²) < 4.78 is 6.31. The Morgan fingerprint density at radius 1 is 1.19 bits per heavy atom. The lowest BCUT2D eigenvalue weighted by Crippen LogP contribution is -2.22. The highest BCUT2D eigenvalue weighted by Gasteiger charge is 2.20. The molecule has 1 atom stereocenters. The van der Waals surface area contributed by atoms with Gasteiger partial charge in [-0.05, 0) is 41.9 Å². The maximum absolute atomic E-state index is 6.38. The molecule has 0 aliphatic heterocycles. The number of nitrogens with one attached hydrogen (secondary N) is 1. The van der Waals surface area contributed by atoms with Gasteiger partial charge in [-0.15, -0.1) is 0 Å². The molecule has 5 heteroatoms.